The van der Waals surface area contributed by atoms with Crippen molar-refractivity contribution in [3.63, 3.8) is 0 Å². The number of hydrogen-bond donors (Lipinski definition) is 1. The van der Waals surface area contributed by atoms with Crippen LogP contribution in [0.15, 0.2) is 0 Å². The van der Waals surface area contributed by atoms with Gasteiger partial charge < -0.3 is 9.84 Å². The quantitative estimate of drug-likeness (QED) is 0.489. The highest BCUT2D eigenvalue weighted by Gasteiger charge is 2.43. The maximum Gasteiger partial charge on any atom is 0.308 e. The zero-order valence-corrected chi connectivity index (χ0v) is 13.1. The molecule has 0 aromatic rings. The second-order valence-electron chi connectivity index (χ2n) is 5.15. The van der Waals surface area contributed by atoms with E-state index in [1.165, 1.54) is 13.8 Å². The fourth-order valence-electron chi connectivity index (χ4n) is 2.38. The Bertz CT molecular complexity index is 398. The number of carboxylic acid groups (broad SMARTS) is 1. The molecule has 1 N–H and O–H groups in total. The van der Waals surface area contributed by atoms with E-state index < -0.39 is 34.8 Å². The summed E-state index contributed by atoms with van der Waals surface area (Å²) in [4.78, 5) is 46.6. The molecular formula is C15H24O6. The molecule has 0 saturated heterocycles. The average Bonchev–Trinajstić information content (AvgIpc) is 2.38. The van der Waals surface area contributed by atoms with E-state index in [2.05, 4.69) is 0 Å². The van der Waals surface area contributed by atoms with Gasteiger partial charge in [0.2, 0.25) is 0 Å². The first-order valence-electron chi connectivity index (χ1n) is 7.11. The Morgan fingerprint density at radius 1 is 1.10 bits per heavy atom. The summed E-state index contributed by atoms with van der Waals surface area (Å²) in [5, 5.41) is 8.81. The summed E-state index contributed by atoms with van der Waals surface area (Å²) in [5.41, 5.74) is -1.42. The zero-order valence-electron chi connectivity index (χ0n) is 13.1. The van der Waals surface area contributed by atoms with Crippen LogP contribution in [-0.2, 0) is 23.9 Å². The van der Waals surface area contributed by atoms with Crippen LogP contribution in [0, 0.1) is 11.3 Å². The SMILES string of the molecule is CCOC(=O)C(CC)CC(CCC(=O)O)(C(C)=O)C(C)=O. The molecule has 6 nitrogen and oxygen atoms in total. The van der Waals surface area contributed by atoms with E-state index >= 15 is 0 Å². The van der Waals surface area contributed by atoms with Crippen molar-refractivity contribution >= 4 is 23.5 Å². The van der Waals surface area contributed by atoms with Gasteiger partial charge in [-0.1, -0.05) is 6.92 Å². The van der Waals surface area contributed by atoms with E-state index in [-0.39, 0.29) is 25.9 Å². The highest BCUT2D eigenvalue weighted by atomic mass is 16.5. The molecule has 21 heavy (non-hydrogen) atoms. The third-order valence-electron chi connectivity index (χ3n) is 3.82. The van der Waals surface area contributed by atoms with Crippen LogP contribution in [0.2, 0.25) is 0 Å². The summed E-state index contributed by atoms with van der Waals surface area (Å²) < 4.78 is 4.95. The van der Waals surface area contributed by atoms with Crippen LogP contribution in [-0.4, -0.2) is 35.2 Å². The van der Waals surface area contributed by atoms with Crippen molar-refractivity contribution in [1.29, 1.82) is 0 Å². The molecule has 0 saturated carbocycles. The Morgan fingerprint density at radius 3 is 1.95 bits per heavy atom. The largest absolute Gasteiger partial charge is 0.481 e. The first-order valence-corrected chi connectivity index (χ1v) is 7.11. The first-order chi connectivity index (χ1) is 9.71. The van der Waals surface area contributed by atoms with E-state index in [9.17, 15) is 19.2 Å². The summed E-state index contributed by atoms with van der Waals surface area (Å²) in [6.07, 6.45) is 0.0375. The summed E-state index contributed by atoms with van der Waals surface area (Å²) in [6, 6.07) is 0. The standard InChI is InChI=1S/C15H24O6/c1-5-12(14(20)21-6-2)9-15(10(3)16,11(4)17)8-7-13(18)19/h12H,5-9H2,1-4H3,(H,18,19). The monoisotopic (exact) mass is 300 g/mol. The van der Waals surface area contributed by atoms with E-state index in [4.69, 9.17) is 9.84 Å². The lowest BCUT2D eigenvalue weighted by molar-refractivity contribution is -0.151. The van der Waals surface area contributed by atoms with Gasteiger partial charge >= 0.3 is 11.9 Å². The average molecular weight is 300 g/mol. The van der Waals surface area contributed by atoms with Gasteiger partial charge in [0.15, 0.2) is 0 Å². The third kappa shape index (κ3) is 5.28. The molecule has 1 atom stereocenters. The van der Waals surface area contributed by atoms with Crippen molar-refractivity contribution < 1.29 is 29.0 Å². The maximum absolute atomic E-state index is 12.0. The van der Waals surface area contributed by atoms with Crippen LogP contribution in [0.3, 0.4) is 0 Å². The number of esters is 1. The fourth-order valence-corrected chi connectivity index (χ4v) is 2.38. The number of carbonyl (C=O) groups is 4. The maximum atomic E-state index is 12.0. The van der Waals surface area contributed by atoms with E-state index in [0.717, 1.165) is 0 Å². The van der Waals surface area contributed by atoms with Crippen molar-refractivity contribution in [2.75, 3.05) is 6.61 Å². The molecule has 0 aromatic heterocycles. The van der Waals surface area contributed by atoms with Crippen LogP contribution in [0.5, 0.6) is 0 Å². The molecule has 0 bridgehead atoms. The van der Waals surface area contributed by atoms with Crippen molar-refractivity contribution in [3.05, 3.63) is 0 Å². The van der Waals surface area contributed by atoms with Crippen molar-refractivity contribution in [2.45, 2.75) is 53.4 Å². The number of carbonyl (C=O) groups excluding carboxylic acids is 3. The molecule has 0 radical (unpaired) electrons. The summed E-state index contributed by atoms with van der Waals surface area (Å²) in [5.74, 6) is -2.93. The first kappa shape index (κ1) is 19.3. The lowest BCUT2D eigenvalue weighted by Gasteiger charge is -2.31. The van der Waals surface area contributed by atoms with Crippen LogP contribution in [0.25, 0.3) is 0 Å². The van der Waals surface area contributed by atoms with Crippen LogP contribution >= 0.6 is 0 Å². The second kappa shape index (κ2) is 8.54. The third-order valence-corrected chi connectivity index (χ3v) is 3.82. The summed E-state index contributed by atoms with van der Waals surface area (Å²) in [6.45, 7) is 6.20. The lowest BCUT2D eigenvalue weighted by atomic mass is 9.70. The van der Waals surface area contributed by atoms with Crippen LogP contribution in [0.1, 0.15) is 53.4 Å². The number of ketones is 2. The number of Topliss-reactive ketones (excluding diaryl/α,β-unsaturated/α-hetero) is 2. The van der Waals surface area contributed by atoms with E-state index in [1.54, 1.807) is 13.8 Å². The predicted molar refractivity (Wildman–Crippen MR) is 75.7 cm³/mol. The van der Waals surface area contributed by atoms with E-state index in [1.807, 2.05) is 0 Å². The normalized spacial score (nSPS) is 12.6. The topological polar surface area (TPSA) is 97.7 Å². The van der Waals surface area contributed by atoms with Crippen molar-refractivity contribution in [2.24, 2.45) is 11.3 Å². The number of ether oxygens (including phenoxy) is 1. The number of rotatable bonds is 10. The van der Waals surface area contributed by atoms with Crippen molar-refractivity contribution in [1.82, 2.24) is 0 Å². The van der Waals surface area contributed by atoms with Gasteiger partial charge in [-0.15, -0.1) is 0 Å². The van der Waals surface area contributed by atoms with Crippen molar-refractivity contribution in [3.8, 4) is 0 Å². The van der Waals surface area contributed by atoms with Crippen LogP contribution < -0.4 is 0 Å². The molecule has 0 aliphatic heterocycles. The molecule has 0 heterocycles. The van der Waals surface area contributed by atoms with Gasteiger partial charge in [0, 0.05) is 6.42 Å². The zero-order chi connectivity index (χ0) is 16.6. The predicted octanol–water partition coefficient (Wildman–Crippen LogP) is 2.00. The van der Waals surface area contributed by atoms with Gasteiger partial charge in [0.25, 0.3) is 0 Å². The minimum absolute atomic E-state index is 0.000278. The van der Waals surface area contributed by atoms with Gasteiger partial charge in [-0.3, -0.25) is 19.2 Å². The number of aliphatic carboxylic acids is 1. The van der Waals surface area contributed by atoms with Crippen LogP contribution in [0.4, 0.5) is 0 Å². The molecule has 0 aromatic carbocycles. The Morgan fingerprint density at radius 2 is 1.62 bits per heavy atom. The molecule has 0 spiro atoms. The van der Waals surface area contributed by atoms with Gasteiger partial charge in [-0.25, -0.2) is 0 Å². The molecule has 0 rings (SSSR count). The second-order valence-corrected chi connectivity index (χ2v) is 5.15. The number of hydrogen-bond acceptors (Lipinski definition) is 5. The Balaban J connectivity index is 5.36. The molecule has 0 fully saturated rings. The highest BCUT2D eigenvalue weighted by molar-refractivity contribution is 6.05. The number of carboxylic acids is 1. The molecule has 0 aliphatic carbocycles. The summed E-state index contributed by atoms with van der Waals surface area (Å²) in [7, 11) is 0. The molecule has 1 unspecified atom stereocenters. The van der Waals surface area contributed by atoms with Gasteiger partial charge in [-0.05, 0) is 40.0 Å². The Kier molecular flexibility index (Phi) is 7.84. The smallest absolute Gasteiger partial charge is 0.308 e. The molecule has 0 aliphatic rings. The highest BCUT2D eigenvalue weighted by Crippen LogP contribution is 2.36. The lowest BCUT2D eigenvalue weighted by Crippen LogP contribution is -2.40. The van der Waals surface area contributed by atoms with E-state index in [0.29, 0.717) is 6.42 Å². The fraction of sp³-hybridized carbons (Fsp3) is 0.733. The molecule has 0 amide bonds. The Labute approximate surface area is 124 Å². The minimum atomic E-state index is -1.42. The molecular weight excluding hydrogens is 276 g/mol. The Hall–Kier alpha value is -1.72. The summed E-state index contributed by atoms with van der Waals surface area (Å²) >= 11 is 0. The molecule has 120 valence electrons. The molecule has 6 heteroatoms. The van der Waals surface area contributed by atoms with Gasteiger partial charge in [0.05, 0.1) is 17.9 Å². The van der Waals surface area contributed by atoms with Gasteiger partial charge in [0.1, 0.15) is 11.6 Å². The van der Waals surface area contributed by atoms with Gasteiger partial charge in [-0.2, -0.15) is 0 Å². The minimum Gasteiger partial charge on any atom is -0.481 e.